The lowest BCUT2D eigenvalue weighted by Crippen LogP contribution is -2.28. The molecular weight excluding hydrogens is 285 g/mol. The van der Waals surface area contributed by atoms with Crippen LogP contribution < -0.4 is 4.74 Å². The van der Waals surface area contributed by atoms with Gasteiger partial charge in [-0.2, -0.15) is 0 Å². The number of para-hydroxylation sites is 1. The molecule has 4 atom stereocenters. The van der Waals surface area contributed by atoms with Crippen LogP contribution in [-0.4, -0.2) is 24.4 Å². The number of alkyl halides is 3. The zero-order valence-electron chi connectivity index (χ0n) is 12.0. The van der Waals surface area contributed by atoms with Gasteiger partial charge in [-0.25, -0.2) is 0 Å². The van der Waals surface area contributed by atoms with Crippen LogP contribution in [-0.2, 0) is 4.74 Å². The zero-order chi connectivity index (χ0) is 15.8. The van der Waals surface area contributed by atoms with Gasteiger partial charge in [-0.3, -0.25) is 4.79 Å². The lowest BCUT2D eigenvalue weighted by molar-refractivity contribution is -0.274. The summed E-state index contributed by atoms with van der Waals surface area (Å²) in [5, 5.41) is 0. The molecule has 1 heterocycles. The summed E-state index contributed by atoms with van der Waals surface area (Å²) in [7, 11) is 0. The first-order chi connectivity index (χ1) is 9.70. The van der Waals surface area contributed by atoms with Crippen molar-refractivity contribution in [1.82, 2.24) is 0 Å². The molecule has 4 unspecified atom stereocenters. The Labute approximate surface area is 121 Å². The predicted octanol–water partition coefficient (Wildman–Crippen LogP) is 3.83. The number of Topliss-reactive ketones (excluding diaryl/α,β-unsaturated/α-hetero) is 1. The van der Waals surface area contributed by atoms with Gasteiger partial charge >= 0.3 is 6.36 Å². The highest BCUT2D eigenvalue weighted by Gasteiger charge is 2.43. The highest BCUT2D eigenvalue weighted by Crippen LogP contribution is 2.37. The molecule has 116 valence electrons. The van der Waals surface area contributed by atoms with Gasteiger partial charge in [-0.15, -0.1) is 13.2 Å². The number of halogens is 3. The van der Waals surface area contributed by atoms with E-state index < -0.39 is 18.0 Å². The second-order valence-electron chi connectivity index (χ2n) is 5.34. The van der Waals surface area contributed by atoms with Crippen molar-refractivity contribution in [3.63, 3.8) is 0 Å². The molecule has 0 radical (unpaired) electrons. The first-order valence-electron chi connectivity index (χ1n) is 6.75. The van der Waals surface area contributed by atoms with Gasteiger partial charge in [0.1, 0.15) is 5.75 Å². The standard InChI is InChI=1S/C15H17F3O3/c1-8-9(2)20-10(3)13(8)14(19)11-6-4-5-7-12(11)21-15(16,17)18/h4-10,13H,1-3H3. The maximum absolute atomic E-state index is 12.6. The second-order valence-corrected chi connectivity index (χ2v) is 5.34. The zero-order valence-corrected chi connectivity index (χ0v) is 12.0. The molecule has 3 nitrogen and oxygen atoms in total. The first-order valence-corrected chi connectivity index (χ1v) is 6.75. The largest absolute Gasteiger partial charge is 0.573 e. The third kappa shape index (κ3) is 3.37. The van der Waals surface area contributed by atoms with Gasteiger partial charge in [0, 0.05) is 0 Å². The number of ether oxygens (including phenoxy) is 2. The van der Waals surface area contributed by atoms with Crippen LogP contribution in [0.3, 0.4) is 0 Å². The van der Waals surface area contributed by atoms with Gasteiger partial charge in [0.15, 0.2) is 5.78 Å². The molecule has 1 aromatic rings. The van der Waals surface area contributed by atoms with Crippen LogP contribution in [0.5, 0.6) is 5.75 Å². The van der Waals surface area contributed by atoms with Crippen molar-refractivity contribution in [2.75, 3.05) is 0 Å². The average molecular weight is 302 g/mol. The van der Waals surface area contributed by atoms with E-state index in [4.69, 9.17) is 4.74 Å². The lowest BCUT2D eigenvalue weighted by atomic mass is 9.83. The summed E-state index contributed by atoms with van der Waals surface area (Å²) in [6.07, 6.45) is -5.27. The first kappa shape index (κ1) is 15.8. The van der Waals surface area contributed by atoms with Gasteiger partial charge in [0.05, 0.1) is 23.7 Å². The molecule has 1 fully saturated rings. The van der Waals surface area contributed by atoms with Crippen LogP contribution in [0.15, 0.2) is 24.3 Å². The maximum atomic E-state index is 12.6. The van der Waals surface area contributed by atoms with E-state index in [9.17, 15) is 18.0 Å². The van der Waals surface area contributed by atoms with Crippen LogP contribution >= 0.6 is 0 Å². The molecule has 1 saturated heterocycles. The van der Waals surface area contributed by atoms with Crippen molar-refractivity contribution >= 4 is 5.78 Å². The van der Waals surface area contributed by atoms with Crippen LogP contribution in [0, 0.1) is 11.8 Å². The molecule has 6 heteroatoms. The Morgan fingerprint density at radius 3 is 2.29 bits per heavy atom. The molecule has 0 N–H and O–H groups in total. The van der Waals surface area contributed by atoms with Gasteiger partial charge in [0.25, 0.3) is 0 Å². The molecule has 0 aromatic heterocycles. The molecule has 1 aromatic carbocycles. The van der Waals surface area contributed by atoms with E-state index in [-0.39, 0.29) is 29.5 Å². The molecular formula is C15H17F3O3. The molecule has 1 aliphatic heterocycles. The molecule has 1 aliphatic rings. The van der Waals surface area contributed by atoms with E-state index in [1.807, 2.05) is 13.8 Å². The minimum atomic E-state index is -4.83. The molecule has 0 amide bonds. The third-order valence-corrected chi connectivity index (χ3v) is 3.92. The van der Waals surface area contributed by atoms with E-state index in [1.165, 1.54) is 18.2 Å². The average Bonchev–Trinajstić information content (AvgIpc) is 2.61. The third-order valence-electron chi connectivity index (χ3n) is 3.92. The van der Waals surface area contributed by atoms with E-state index in [2.05, 4.69) is 4.74 Å². The number of hydrogen-bond acceptors (Lipinski definition) is 3. The topological polar surface area (TPSA) is 35.5 Å². The van der Waals surface area contributed by atoms with Crippen molar-refractivity contribution in [3.8, 4) is 5.75 Å². The number of ketones is 1. The lowest BCUT2D eigenvalue weighted by Gasteiger charge is -2.19. The van der Waals surface area contributed by atoms with Crippen LogP contribution in [0.2, 0.25) is 0 Å². The molecule has 0 bridgehead atoms. The summed E-state index contributed by atoms with van der Waals surface area (Å²) in [6, 6.07) is 5.42. The van der Waals surface area contributed by atoms with Crippen molar-refractivity contribution in [1.29, 1.82) is 0 Å². The fourth-order valence-corrected chi connectivity index (χ4v) is 2.78. The van der Waals surface area contributed by atoms with Gasteiger partial charge < -0.3 is 9.47 Å². The Kier molecular flexibility index (Phi) is 4.27. The number of carbonyl (C=O) groups excluding carboxylic acids is 1. The van der Waals surface area contributed by atoms with E-state index in [0.29, 0.717) is 0 Å². The molecule has 2 rings (SSSR count). The quantitative estimate of drug-likeness (QED) is 0.796. The smallest absolute Gasteiger partial charge is 0.405 e. The SMILES string of the molecule is CC1OC(C)C(C(=O)c2ccccc2OC(F)(F)F)C1C. The van der Waals surface area contributed by atoms with Crippen molar-refractivity contribution in [2.45, 2.75) is 39.3 Å². The van der Waals surface area contributed by atoms with Gasteiger partial charge in [-0.05, 0) is 31.9 Å². The fraction of sp³-hybridized carbons (Fsp3) is 0.533. The van der Waals surface area contributed by atoms with Crippen molar-refractivity contribution in [3.05, 3.63) is 29.8 Å². The Bertz CT molecular complexity index is 527. The molecule has 0 saturated carbocycles. The summed E-state index contributed by atoms with van der Waals surface area (Å²) in [6.45, 7) is 5.48. The highest BCUT2D eigenvalue weighted by atomic mass is 19.4. The number of carbonyl (C=O) groups is 1. The normalized spacial score (nSPS) is 29.4. The summed E-state index contributed by atoms with van der Waals surface area (Å²) < 4.78 is 46.8. The fourth-order valence-electron chi connectivity index (χ4n) is 2.78. The minimum absolute atomic E-state index is 0.0591. The van der Waals surface area contributed by atoms with E-state index in [1.54, 1.807) is 6.92 Å². The summed E-state index contributed by atoms with van der Waals surface area (Å²) in [5.74, 6) is -1.38. The highest BCUT2D eigenvalue weighted by molar-refractivity contribution is 6.01. The number of rotatable bonds is 3. The summed E-state index contributed by atoms with van der Waals surface area (Å²) >= 11 is 0. The van der Waals surface area contributed by atoms with Crippen molar-refractivity contribution in [2.24, 2.45) is 11.8 Å². The van der Waals surface area contributed by atoms with Crippen LogP contribution in [0.4, 0.5) is 13.2 Å². The van der Waals surface area contributed by atoms with Crippen LogP contribution in [0.1, 0.15) is 31.1 Å². The Hall–Kier alpha value is -1.56. The predicted molar refractivity (Wildman–Crippen MR) is 70.1 cm³/mol. The van der Waals surface area contributed by atoms with Gasteiger partial charge in [0.2, 0.25) is 0 Å². The second kappa shape index (κ2) is 5.67. The minimum Gasteiger partial charge on any atom is -0.405 e. The summed E-state index contributed by atoms with van der Waals surface area (Å²) in [4.78, 5) is 12.6. The number of benzene rings is 1. The Morgan fingerprint density at radius 1 is 1.14 bits per heavy atom. The molecule has 0 aliphatic carbocycles. The summed E-state index contributed by atoms with van der Waals surface area (Å²) in [5.41, 5.74) is -0.0591. The Morgan fingerprint density at radius 2 is 1.76 bits per heavy atom. The van der Waals surface area contributed by atoms with Crippen LogP contribution in [0.25, 0.3) is 0 Å². The van der Waals surface area contributed by atoms with E-state index in [0.717, 1.165) is 6.07 Å². The van der Waals surface area contributed by atoms with Crippen molar-refractivity contribution < 1.29 is 27.4 Å². The molecule has 21 heavy (non-hydrogen) atoms. The number of hydrogen-bond donors (Lipinski definition) is 0. The Balaban J connectivity index is 2.32. The monoisotopic (exact) mass is 302 g/mol. The van der Waals surface area contributed by atoms with E-state index >= 15 is 0 Å². The maximum Gasteiger partial charge on any atom is 0.573 e. The van der Waals surface area contributed by atoms with Gasteiger partial charge in [-0.1, -0.05) is 19.1 Å². The molecule has 0 spiro atoms.